The Morgan fingerprint density at radius 3 is 2.45 bits per heavy atom. The summed E-state index contributed by atoms with van der Waals surface area (Å²) in [5.74, 6) is -0.275. The van der Waals surface area contributed by atoms with Gasteiger partial charge in [-0.25, -0.2) is 4.39 Å². The van der Waals surface area contributed by atoms with Gasteiger partial charge in [0.05, 0.1) is 11.5 Å². The smallest absolute Gasteiger partial charge is 0.251 e. The lowest BCUT2D eigenvalue weighted by molar-refractivity contribution is 0.628. The van der Waals surface area contributed by atoms with Crippen LogP contribution >= 0.6 is 12.2 Å². The Hall–Kier alpha value is -2.27. The number of hydrogen-bond donors (Lipinski definition) is 1. The minimum absolute atomic E-state index is 0.168. The first kappa shape index (κ1) is 14.1. The Bertz CT molecular complexity index is 705. The van der Waals surface area contributed by atoms with E-state index in [4.69, 9.17) is 18.0 Å². The Kier molecular flexibility index (Phi) is 4.42. The third kappa shape index (κ3) is 3.86. The van der Waals surface area contributed by atoms with E-state index in [1.165, 1.54) is 22.8 Å². The van der Waals surface area contributed by atoms with Gasteiger partial charge in [0.15, 0.2) is 0 Å². The number of aromatic nitrogens is 1. The Morgan fingerprint density at radius 2 is 1.85 bits per heavy atom. The lowest BCUT2D eigenvalue weighted by Crippen LogP contribution is -2.25. The van der Waals surface area contributed by atoms with Gasteiger partial charge < -0.3 is 10.3 Å². The summed E-state index contributed by atoms with van der Waals surface area (Å²) in [5, 5.41) is 0. The highest BCUT2D eigenvalue weighted by molar-refractivity contribution is 7.80. The summed E-state index contributed by atoms with van der Waals surface area (Å²) < 4.78 is 14.2. The molecule has 3 nitrogen and oxygen atoms in total. The fraction of sp³-hybridized carbons (Fsp3) is 0.0667. The first-order valence-corrected chi connectivity index (χ1v) is 6.38. The molecule has 0 saturated carbocycles. The fourth-order valence-corrected chi connectivity index (χ4v) is 1.83. The van der Waals surface area contributed by atoms with Crippen LogP contribution in [-0.2, 0) is 6.54 Å². The predicted molar refractivity (Wildman–Crippen MR) is 82.8 cm³/mol. The highest BCUT2D eigenvalue weighted by atomic mass is 32.1. The van der Waals surface area contributed by atoms with E-state index in [9.17, 15) is 9.18 Å². The summed E-state index contributed by atoms with van der Waals surface area (Å²) in [4.78, 5) is 12.1. The van der Waals surface area contributed by atoms with Crippen LogP contribution in [0.3, 0.4) is 0 Å². The van der Waals surface area contributed by atoms with Crippen molar-refractivity contribution in [2.45, 2.75) is 6.54 Å². The number of pyridine rings is 1. The molecule has 0 fully saturated rings. The van der Waals surface area contributed by atoms with Crippen LogP contribution in [0.1, 0.15) is 11.1 Å². The second kappa shape index (κ2) is 6.25. The zero-order valence-electron chi connectivity index (χ0n) is 10.6. The molecule has 0 aliphatic rings. The highest BCUT2D eigenvalue weighted by Crippen LogP contribution is 2.08. The monoisotopic (exact) mass is 288 g/mol. The molecule has 0 spiro atoms. The Labute approximate surface area is 121 Å². The van der Waals surface area contributed by atoms with E-state index in [0.29, 0.717) is 0 Å². The molecule has 0 unspecified atom stereocenters. The predicted octanol–water partition coefficient (Wildman–Crippen LogP) is 2.44. The van der Waals surface area contributed by atoms with Gasteiger partial charge in [-0.1, -0.05) is 36.5 Å². The van der Waals surface area contributed by atoms with Gasteiger partial charge >= 0.3 is 0 Å². The third-order valence-electron chi connectivity index (χ3n) is 2.68. The maximum Gasteiger partial charge on any atom is 0.251 e. The molecule has 0 atom stereocenters. The number of thiocarbonyl (C=S) groups is 1. The molecule has 2 N–H and O–H groups in total. The summed E-state index contributed by atoms with van der Waals surface area (Å²) in [6.07, 6.45) is 5.25. The van der Waals surface area contributed by atoms with Crippen LogP contribution in [0.2, 0.25) is 0 Å². The second-order valence-electron chi connectivity index (χ2n) is 4.28. The van der Waals surface area contributed by atoms with Crippen molar-refractivity contribution in [3.8, 4) is 0 Å². The first-order chi connectivity index (χ1) is 9.54. The zero-order chi connectivity index (χ0) is 14.5. The average Bonchev–Trinajstić information content (AvgIpc) is 2.40. The fourth-order valence-electron chi connectivity index (χ4n) is 1.69. The minimum atomic E-state index is -0.275. The van der Waals surface area contributed by atoms with Crippen LogP contribution in [0.4, 0.5) is 4.39 Å². The maximum atomic E-state index is 12.8. The normalized spacial score (nSPS) is 10.8. The lowest BCUT2D eigenvalue weighted by atomic mass is 10.1. The molecule has 1 aromatic heterocycles. The topological polar surface area (TPSA) is 48.0 Å². The molecule has 0 amide bonds. The molecule has 2 rings (SSSR count). The summed E-state index contributed by atoms with van der Waals surface area (Å²) in [6.45, 7) is 0.232. The van der Waals surface area contributed by atoms with Crippen molar-refractivity contribution in [2.24, 2.45) is 5.73 Å². The molecule has 0 aliphatic carbocycles. The number of nitrogens with zero attached hydrogens (tertiary/aromatic N) is 1. The molecule has 20 heavy (non-hydrogen) atoms. The van der Waals surface area contributed by atoms with Crippen molar-refractivity contribution < 1.29 is 4.39 Å². The molecular weight excluding hydrogens is 275 g/mol. The second-order valence-corrected chi connectivity index (χ2v) is 4.80. The summed E-state index contributed by atoms with van der Waals surface area (Å²) in [6, 6.07) is 9.40. The number of nitrogens with two attached hydrogens (primary N) is 1. The van der Waals surface area contributed by atoms with E-state index in [1.807, 2.05) is 6.08 Å². The highest BCUT2D eigenvalue weighted by Gasteiger charge is 1.98. The van der Waals surface area contributed by atoms with Crippen LogP contribution < -0.4 is 11.3 Å². The van der Waals surface area contributed by atoms with E-state index in [0.717, 1.165) is 11.1 Å². The van der Waals surface area contributed by atoms with E-state index >= 15 is 0 Å². The van der Waals surface area contributed by atoms with Crippen molar-refractivity contribution in [1.82, 2.24) is 4.57 Å². The van der Waals surface area contributed by atoms with E-state index < -0.39 is 0 Å². The van der Waals surface area contributed by atoms with Crippen LogP contribution in [0, 0.1) is 5.82 Å². The summed E-state index contributed by atoms with van der Waals surface area (Å²) >= 11 is 4.77. The van der Waals surface area contributed by atoms with Crippen molar-refractivity contribution in [3.63, 3.8) is 0 Å². The molecular formula is C15H13FN2OS. The van der Waals surface area contributed by atoms with Gasteiger partial charge in [0.1, 0.15) is 5.82 Å². The van der Waals surface area contributed by atoms with Crippen LogP contribution in [0.5, 0.6) is 0 Å². The SMILES string of the molecule is NC(=S)Cn1ccc(/C=C/c2ccc(F)cc2)cc1=O. The lowest BCUT2D eigenvalue weighted by Gasteiger charge is -2.03. The molecule has 102 valence electrons. The van der Waals surface area contributed by atoms with E-state index in [1.54, 1.807) is 30.5 Å². The van der Waals surface area contributed by atoms with Gasteiger partial charge in [-0.15, -0.1) is 0 Å². The van der Waals surface area contributed by atoms with Crippen molar-refractivity contribution >= 4 is 29.4 Å². The van der Waals surface area contributed by atoms with Gasteiger partial charge in [-0.05, 0) is 29.3 Å². The van der Waals surface area contributed by atoms with Gasteiger partial charge in [-0.3, -0.25) is 4.79 Å². The standard InChI is InChI=1S/C15H13FN2OS/c16-13-5-3-11(4-6-13)1-2-12-7-8-18(10-14(17)20)15(19)9-12/h1-9H,10H2,(H2,17,20)/b2-1+. The number of benzene rings is 1. The summed E-state index contributed by atoms with van der Waals surface area (Å²) in [7, 11) is 0. The van der Waals surface area contributed by atoms with Gasteiger partial charge in [0, 0.05) is 12.3 Å². The van der Waals surface area contributed by atoms with Crippen molar-refractivity contribution in [1.29, 1.82) is 0 Å². The first-order valence-electron chi connectivity index (χ1n) is 5.97. The van der Waals surface area contributed by atoms with Gasteiger partial charge in [0.2, 0.25) is 0 Å². The molecule has 5 heteroatoms. The molecule has 0 saturated heterocycles. The van der Waals surface area contributed by atoms with Crippen molar-refractivity contribution in [3.05, 3.63) is 69.9 Å². The van der Waals surface area contributed by atoms with Crippen molar-refractivity contribution in [2.75, 3.05) is 0 Å². The van der Waals surface area contributed by atoms with Crippen LogP contribution in [0.25, 0.3) is 12.2 Å². The molecule has 0 aliphatic heterocycles. The number of rotatable bonds is 4. The molecule has 2 aromatic rings. The van der Waals surface area contributed by atoms with E-state index in [-0.39, 0.29) is 22.9 Å². The van der Waals surface area contributed by atoms with Gasteiger partial charge in [0.25, 0.3) is 5.56 Å². The van der Waals surface area contributed by atoms with E-state index in [2.05, 4.69) is 0 Å². The largest absolute Gasteiger partial charge is 0.392 e. The summed E-state index contributed by atoms with van der Waals surface area (Å²) in [5.41, 5.74) is 6.86. The zero-order valence-corrected chi connectivity index (χ0v) is 11.4. The number of hydrogen-bond acceptors (Lipinski definition) is 2. The van der Waals surface area contributed by atoms with Gasteiger partial charge in [-0.2, -0.15) is 0 Å². The molecule has 1 heterocycles. The number of halogens is 1. The van der Waals surface area contributed by atoms with Crippen LogP contribution in [0.15, 0.2) is 47.4 Å². The average molecular weight is 288 g/mol. The molecule has 0 bridgehead atoms. The third-order valence-corrected chi connectivity index (χ3v) is 2.81. The maximum absolute atomic E-state index is 12.8. The quantitative estimate of drug-likeness (QED) is 0.879. The molecule has 0 radical (unpaired) electrons. The minimum Gasteiger partial charge on any atom is -0.392 e. The Morgan fingerprint density at radius 1 is 1.20 bits per heavy atom. The molecule has 1 aromatic carbocycles. The van der Waals surface area contributed by atoms with Crippen LogP contribution in [-0.4, -0.2) is 9.56 Å². The Balaban J connectivity index is 2.18.